The molecule has 2 aromatic rings. The Labute approximate surface area is 142 Å². The number of nitrogens with zero attached hydrogens (tertiary/aromatic N) is 2. The lowest BCUT2D eigenvalue weighted by Crippen LogP contribution is -2.23. The van der Waals surface area contributed by atoms with Crippen molar-refractivity contribution in [3.05, 3.63) is 35.4 Å². The molecule has 0 aliphatic rings. The number of anilines is 3. The number of amides is 1. The van der Waals surface area contributed by atoms with Gasteiger partial charge in [-0.1, -0.05) is 12.1 Å². The summed E-state index contributed by atoms with van der Waals surface area (Å²) in [6.07, 6.45) is 2.36. The molecule has 0 aliphatic carbocycles. The number of carbonyl (C=O) groups excluding carboxylic acids is 2. The van der Waals surface area contributed by atoms with Crippen molar-refractivity contribution in [3.63, 3.8) is 0 Å². The smallest absolute Gasteiger partial charge is 0.243 e. The highest BCUT2D eigenvalue weighted by Crippen LogP contribution is 2.23. The van der Waals surface area contributed by atoms with Gasteiger partial charge in [-0.3, -0.25) is 9.59 Å². The van der Waals surface area contributed by atoms with Crippen molar-refractivity contribution < 1.29 is 14.0 Å². The van der Waals surface area contributed by atoms with E-state index in [-0.39, 0.29) is 29.8 Å². The van der Waals surface area contributed by atoms with Crippen LogP contribution in [0, 0.1) is 0 Å². The molecule has 1 amide bonds. The maximum atomic E-state index is 12.6. The van der Waals surface area contributed by atoms with Crippen molar-refractivity contribution in [2.45, 2.75) is 11.7 Å². The molecule has 126 valence electrons. The second-order valence-corrected chi connectivity index (χ2v) is 5.50. The third-order valence-corrected chi connectivity index (χ3v) is 3.72. The van der Waals surface area contributed by atoms with Crippen LogP contribution in [0.4, 0.5) is 21.8 Å². The van der Waals surface area contributed by atoms with Crippen LogP contribution in [-0.2, 0) is 11.5 Å². The third-order valence-electron chi connectivity index (χ3n) is 3.02. The molecule has 4 N–H and O–H groups in total. The SMILES string of the molecule is CSc1nc(N)nc(NCC(=O)Nc2cccc(CF)c2)c1C=O. The summed E-state index contributed by atoms with van der Waals surface area (Å²) in [6.45, 7) is -0.743. The zero-order chi connectivity index (χ0) is 17.5. The van der Waals surface area contributed by atoms with Gasteiger partial charge in [0.2, 0.25) is 11.9 Å². The molecule has 0 unspecified atom stereocenters. The molecule has 9 heteroatoms. The molecule has 7 nitrogen and oxygen atoms in total. The van der Waals surface area contributed by atoms with E-state index in [0.717, 1.165) is 0 Å². The lowest BCUT2D eigenvalue weighted by molar-refractivity contribution is -0.114. The summed E-state index contributed by atoms with van der Waals surface area (Å²) in [5, 5.41) is 5.82. The van der Waals surface area contributed by atoms with Gasteiger partial charge in [0, 0.05) is 5.69 Å². The summed E-state index contributed by atoms with van der Waals surface area (Å²) in [4.78, 5) is 31.1. The summed E-state index contributed by atoms with van der Waals surface area (Å²) in [5.41, 5.74) is 6.79. The number of thioether (sulfide) groups is 1. The van der Waals surface area contributed by atoms with Crippen LogP contribution < -0.4 is 16.4 Å². The average Bonchev–Trinajstić information content (AvgIpc) is 2.59. The molecule has 2 rings (SSSR count). The first-order valence-electron chi connectivity index (χ1n) is 6.92. The van der Waals surface area contributed by atoms with E-state index in [0.29, 0.717) is 22.6 Å². The van der Waals surface area contributed by atoms with Crippen LogP contribution in [0.3, 0.4) is 0 Å². The molecule has 0 saturated heterocycles. The number of aromatic nitrogens is 2. The second kappa shape index (κ2) is 8.25. The maximum absolute atomic E-state index is 12.6. The number of benzene rings is 1. The van der Waals surface area contributed by atoms with Crippen LogP contribution in [-0.4, -0.2) is 35.0 Å². The van der Waals surface area contributed by atoms with Gasteiger partial charge >= 0.3 is 0 Å². The Hall–Kier alpha value is -2.68. The number of hydrogen-bond acceptors (Lipinski definition) is 7. The van der Waals surface area contributed by atoms with E-state index >= 15 is 0 Å². The molecule has 0 spiro atoms. The summed E-state index contributed by atoms with van der Waals surface area (Å²) >= 11 is 1.25. The topological polar surface area (TPSA) is 110 Å². The van der Waals surface area contributed by atoms with Crippen molar-refractivity contribution in [2.75, 3.05) is 29.2 Å². The maximum Gasteiger partial charge on any atom is 0.243 e. The quantitative estimate of drug-likeness (QED) is 0.399. The molecule has 24 heavy (non-hydrogen) atoms. The van der Waals surface area contributed by atoms with Gasteiger partial charge in [-0.2, -0.15) is 4.98 Å². The predicted octanol–water partition coefficient (Wildman–Crippen LogP) is 2.11. The zero-order valence-corrected chi connectivity index (χ0v) is 13.7. The van der Waals surface area contributed by atoms with E-state index in [1.807, 2.05) is 0 Å². The highest BCUT2D eigenvalue weighted by atomic mass is 32.2. The van der Waals surface area contributed by atoms with Crippen molar-refractivity contribution in [3.8, 4) is 0 Å². The van der Waals surface area contributed by atoms with Crippen molar-refractivity contribution >= 4 is 41.4 Å². The minimum atomic E-state index is -0.609. The fraction of sp³-hybridized carbons (Fsp3) is 0.200. The lowest BCUT2D eigenvalue weighted by Gasteiger charge is -2.11. The van der Waals surface area contributed by atoms with Crippen LogP contribution in [0.15, 0.2) is 29.3 Å². The van der Waals surface area contributed by atoms with E-state index in [4.69, 9.17) is 5.73 Å². The third kappa shape index (κ3) is 4.42. The van der Waals surface area contributed by atoms with E-state index < -0.39 is 6.67 Å². The normalized spacial score (nSPS) is 10.2. The number of carbonyl (C=O) groups is 2. The first-order chi connectivity index (χ1) is 11.6. The molecule has 0 aliphatic heterocycles. The Morgan fingerprint density at radius 3 is 2.88 bits per heavy atom. The number of nitrogen functional groups attached to an aromatic ring is 1. The average molecular weight is 349 g/mol. The zero-order valence-electron chi connectivity index (χ0n) is 12.9. The van der Waals surface area contributed by atoms with Crippen molar-refractivity contribution in [1.29, 1.82) is 0 Å². The van der Waals surface area contributed by atoms with Gasteiger partial charge in [0.15, 0.2) is 6.29 Å². The molecule has 0 saturated carbocycles. The van der Waals surface area contributed by atoms with Gasteiger partial charge in [0.25, 0.3) is 0 Å². The lowest BCUT2D eigenvalue weighted by atomic mass is 10.2. The monoisotopic (exact) mass is 349 g/mol. The Morgan fingerprint density at radius 1 is 1.42 bits per heavy atom. The van der Waals surface area contributed by atoms with Crippen molar-refractivity contribution in [2.24, 2.45) is 0 Å². The van der Waals surface area contributed by atoms with Gasteiger partial charge in [-0.15, -0.1) is 11.8 Å². The molecule has 1 aromatic heterocycles. The number of hydrogen-bond donors (Lipinski definition) is 3. The molecule has 0 bridgehead atoms. The Balaban J connectivity index is 2.06. The second-order valence-electron chi connectivity index (χ2n) is 4.71. The van der Waals surface area contributed by atoms with E-state index in [1.165, 1.54) is 11.8 Å². The first kappa shape index (κ1) is 17.7. The summed E-state index contributed by atoms with van der Waals surface area (Å²) < 4.78 is 12.6. The van der Waals surface area contributed by atoms with Gasteiger partial charge in [0.05, 0.1) is 12.1 Å². The van der Waals surface area contributed by atoms with E-state index in [2.05, 4.69) is 20.6 Å². The molecular formula is C15H16FN5O2S. The Morgan fingerprint density at radius 2 is 2.21 bits per heavy atom. The molecule has 0 fully saturated rings. The summed E-state index contributed by atoms with van der Waals surface area (Å²) in [7, 11) is 0. The predicted molar refractivity (Wildman–Crippen MR) is 92.0 cm³/mol. The number of aldehydes is 1. The Bertz CT molecular complexity index is 757. The summed E-state index contributed by atoms with van der Waals surface area (Å²) in [5.74, 6) is -0.177. The number of nitrogens with two attached hydrogens (primary N) is 1. The fourth-order valence-electron chi connectivity index (χ4n) is 1.96. The molecule has 1 heterocycles. The number of nitrogens with one attached hydrogen (secondary N) is 2. The highest BCUT2D eigenvalue weighted by Gasteiger charge is 2.13. The van der Waals surface area contributed by atoms with Crippen LogP contribution in [0.5, 0.6) is 0 Å². The van der Waals surface area contributed by atoms with Gasteiger partial charge in [-0.25, -0.2) is 9.37 Å². The van der Waals surface area contributed by atoms with Gasteiger partial charge < -0.3 is 16.4 Å². The minimum Gasteiger partial charge on any atom is -0.368 e. The van der Waals surface area contributed by atoms with E-state index in [1.54, 1.807) is 30.5 Å². The minimum absolute atomic E-state index is 0.00325. The molecule has 0 radical (unpaired) electrons. The number of halogens is 1. The highest BCUT2D eigenvalue weighted by molar-refractivity contribution is 7.98. The largest absolute Gasteiger partial charge is 0.368 e. The van der Waals surface area contributed by atoms with Crippen LogP contribution >= 0.6 is 11.8 Å². The van der Waals surface area contributed by atoms with Gasteiger partial charge in [-0.05, 0) is 24.0 Å². The van der Waals surface area contributed by atoms with Crippen LogP contribution in [0.25, 0.3) is 0 Å². The van der Waals surface area contributed by atoms with Gasteiger partial charge in [0.1, 0.15) is 17.5 Å². The fourth-order valence-corrected chi connectivity index (χ4v) is 2.51. The van der Waals surface area contributed by atoms with Crippen LogP contribution in [0.2, 0.25) is 0 Å². The number of rotatable bonds is 7. The molecular weight excluding hydrogens is 333 g/mol. The molecule has 0 atom stereocenters. The first-order valence-corrected chi connectivity index (χ1v) is 8.15. The molecule has 1 aromatic carbocycles. The van der Waals surface area contributed by atoms with Crippen molar-refractivity contribution in [1.82, 2.24) is 9.97 Å². The Kier molecular flexibility index (Phi) is 6.07. The summed E-state index contributed by atoms with van der Waals surface area (Å²) in [6, 6.07) is 6.47. The standard InChI is InChI=1S/C15H16FN5O2S/c1-24-14-11(8-22)13(20-15(17)21-14)18-7-12(23)19-10-4-2-3-9(5-10)6-16/h2-5,8H,6-7H2,1H3,(H,19,23)(H3,17,18,20,21). The van der Waals surface area contributed by atoms with E-state index in [9.17, 15) is 14.0 Å². The number of alkyl halides is 1. The van der Waals surface area contributed by atoms with Crippen LogP contribution in [0.1, 0.15) is 15.9 Å².